The van der Waals surface area contributed by atoms with Crippen LogP contribution in [0.2, 0.25) is 0 Å². The topological polar surface area (TPSA) is 53.3 Å². The van der Waals surface area contributed by atoms with Gasteiger partial charge in [-0.1, -0.05) is 6.92 Å². The lowest BCUT2D eigenvalue weighted by Crippen LogP contribution is -2.36. The van der Waals surface area contributed by atoms with Crippen LogP contribution in [0.1, 0.15) is 47.0 Å². The highest BCUT2D eigenvalue weighted by Crippen LogP contribution is 2.37. The Morgan fingerprint density at radius 3 is 2.65 bits per heavy atom. The zero-order valence-corrected chi connectivity index (χ0v) is 11.2. The number of carbonyl (C=O) groups is 1. The van der Waals surface area contributed by atoms with Gasteiger partial charge >= 0.3 is 6.09 Å². The Morgan fingerprint density at radius 2 is 2.18 bits per heavy atom. The largest absolute Gasteiger partial charge is 0.444 e. The SMILES string of the molecule is CCC1(CC#N)CCN(C(=O)OC(C)(C)C)C1. The van der Waals surface area contributed by atoms with E-state index in [2.05, 4.69) is 13.0 Å². The summed E-state index contributed by atoms with van der Waals surface area (Å²) in [5.41, 5.74) is -0.477. The average molecular weight is 238 g/mol. The van der Waals surface area contributed by atoms with Gasteiger partial charge in [0.05, 0.1) is 6.07 Å². The van der Waals surface area contributed by atoms with Crippen molar-refractivity contribution in [3.05, 3.63) is 0 Å². The third-order valence-corrected chi connectivity index (χ3v) is 3.29. The van der Waals surface area contributed by atoms with Gasteiger partial charge in [0.25, 0.3) is 0 Å². The summed E-state index contributed by atoms with van der Waals surface area (Å²) in [6.45, 7) is 9.02. The predicted octanol–water partition coefficient (Wildman–Crippen LogP) is 2.94. The zero-order chi connectivity index (χ0) is 13.1. The number of hydrogen-bond donors (Lipinski definition) is 0. The van der Waals surface area contributed by atoms with Crippen LogP contribution in [0.3, 0.4) is 0 Å². The fraction of sp³-hybridized carbons (Fsp3) is 0.846. The van der Waals surface area contributed by atoms with Crippen LogP contribution in [0.25, 0.3) is 0 Å². The first kappa shape index (κ1) is 13.8. The second kappa shape index (κ2) is 4.95. The number of amides is 1. The molecule has 0 saturated carbocycles. The van der Waals surface area contributed by atoms with Gasteiger partial charge < -0.3 is 9.64 Å². The van der Waals surface area contributed by atoms with Crippen molar-refractivity contribution in [2.75, 3.05) is 13.1 Å². The van der Waals surface area contributed by atoms with Crippen LogP contribution in [-0.4, -0.2) is 29.7 Å². The van der Waals surface area contributed by atoms with Gasteiger partial charge in [0.15, 0.2) is 0 Å². The van der Waals surface area contributed by atoms with Gasteiger partial charge in [-0.15, -0.1) is 0 Å². The van der Waals surface area contributed by atoms with Crippen LogP contribution < -0.4 is 0 Å². The molecule has 0 radical (unpaired) electrons. The van der Waals surface area contributed by atoms with Gasteiger partial charge in [-0.05, 0) is 33.6 Å². The molecule has 1 rings (SSSR count). The van der Waals surface area contributed by atoms with E-state index < -0.39 is 5.60 Å². The van der Waals surface area contributed by atoms with Crippen LogP contribution in [0.4, 0.5) is 4.79 Å². The van der Waals surface area contributed by atoms with Gasteiger partial charge in [0, 0.05) is 24.9 Å². The molecule has 0 spiro atoms. The molecule has 0 aromatic carbocycles. The van der Waals surface area contributed by atoms with Crippen molar-refractivity contribution in [2.45, 2.75) is 52.6 Å². The minimum atomic E-state index is -0.455. The standard InChI is InChI=1S/C13H22N2O2/c1-5-13(6-8-14)7-9-15(10-13)11(16)17-12(2,3)4/h5-7,9-10H2,1-4H3. The average Bonchev–Trinajstić information content (AvgIpc) is 2.61. The van der Waals surface area contributed by atoms with Crippen molar-refractivity contribution in [3.8, 4) is 6.07 Å². The number of carbonyl (C=O) groups excluding carboxylic acids is 1. The number of ether oxygens (including phenoxy) is 1. The summed E-state index contributed by atoms with van der Waals surface area (Å²) < 4.78 is 5.34. The Hall–Kier alpha value is -1.24. The molecule has 1 aliphatic heterocycles. The Bertz CT molecular complexity index is 327. The van der Waals surface area contributed by atoms with E-state index in [1.807, 2.05) is 20.8 Å². The minimum absolute atomic E-state index is 0.0222. The Kier molecular flexibility index (Phi) is 4.03. The van der Waals surface area contributed by atoms with Crippen LogP contribution in [0.5, 0.6) is 0 Å². The highest BCUT2D eigenvalue weighted by atomic mass is 16.6. The first-order valence-corrected chi connectivity index (χ1v) is 6.17. The van der Waals surface area contributed by atoms with E-state index in [0.29, 0.717) is 19.5 Å². The molecule has 4 heteroatoms. The summed E-state index contributed by atoms with van der Waals surface area (Å²) in [6.07, 6.45) is 2.09. The molecule has 1 atom stereocenters. The summed E-state index contributed by atoms with van der Waals surface area (Å²) in [5, 5.41) is 8.85. The lowest BCUT2D eigenvalue weighted by Gasteiger charge is -2.27. The molecule has 1 saturated heterocycles. The van der Waals surface area contributed by atoms with Gasteiger partial charge in [-0.2, -0.15) is 5.26 Å². The lowest BCUT2D eigenvalue weighted by molar-refractivity contribution is 0.0272. The molecule has 4 nitrogen and oxygen atoms in total. The molecule has 0 N–H and O–H groups in total. The van der Waals surface area contributed by atoms with E-state index in [4.69, 9.17) is 10.00 Å². The Balaban J connectivity index is 2.61. The molecule has 0 aliphatic carbocycles. The molecule has 1 unspecified atom stereocenters. The Labute approximate surface area is 104 Å². The van der Waals surface area contributed by atoms with Gasteiger partial charge in [0.1, 0.15) is 5.60 Å². The normalized spacial score (nSPS) is 24.5. The number of nitrogens with zero attached hydrogens (tertiary/aromatic N) is 2. The number of likely N-dealkylation sites (tertiary alicyclic amines) is 1. The first-order chi connectivity index (χ1) is 7.82. The number of hydrogen-bond acceptors (Lipinski definition) is 3. The van der Waals surface area contributed by atoms with E-state index >= 15 is 0 Å². The molecule has 1 aliphatic rings. The van der Waals surface area contributed by atoms with Gasteiger partial charge in [0.2, 0.25) is 0 Å². The third-order valence-electron chi connectivity index (χ3n) is 3.29. The van der Waals surface area contributed by atoms with Crippen molar-refractivity contribution in [1.29, 1.82) is 5.26 Å². The molecule has 0 aromatic heterocycles. The predicted molar refractivity (Wildman–Crippen MR) is 65.4 cm³/mol. The molecule has 1 heterocycles. The maximum atomic E-state index is 11.9. The minimum Gasteiger partial charge on any atom is -0.444 e. The fourth-order valence-corrected chi connectivity index (χ4v) is 2.14. The van der Waals surface area contributed by atoms with Gasteiger partial charge in [-0.25, -0.2) is 4.79 Å². The summed E-state index contributed by atoms with van der Waals surface area (Å²) >= 11 is 0. The maximum Gasteiger partial charge on any atom is 0.410 e. The smallest absolute Gasteiger partial charge is 0.410 e. The second-order valence-electron chi connectivity index (χ2n) is 5.84. The highest BCUT2D eigenvalue weighted by molar-refractivity contribution is 5.68. The van der Waals surface area contributed by atoms with Crippen molar-refractivity contribution in [1.82, 2.24) is 4.90 Å². The number of rotatable bonds is 2. The maximum absolute atomic E-state index is 11.9. The number of nitriles is 1. The van der Waals surface area contributed by atoms with E-state index in [-0.39, 0.29) is 11.5 Å². The zero-order valence-electron chi connectivity index (χ0n) is 11.2. The molecule has 96 valence electrons. The van der Waals surface area contributed by atoms with E-state index in [9.17, 15) is 4.79 Å². The van der Waals surface area contributed by atoms with Crippen LogP contribution in [0.15, 0.2) is 0 Å². The summed E-state index contributed by atoms with van der Waals surface area (Å²) in [6, 6.07) is 2.23. The highest BCUT2D eigenvalue weighted by Gasteiger charge is 2.39. The second-order valence-corrected chi connectivity index (χ2v) is 5.84. The van der Waals surface area contributed by atoms with Crippen LogP contribution >= 0.6 is 0 Å². The molecule has 1 fully saturated rings. The van der Waals surface area contributed by atoms with Crippen LogP contribution in [-0.2, 0) is 4.74 Å². The monoisotopic (exact) mass is 238 g/mol. The van der Waals surface area contributed by atoms with Gasteiger partial charge in [-0.3, -0.25) is 0 Å². The molecule has 0 aromatic rings. The fourth-order valence-electron chi connectivity index (χ4n) is 2.14. The lowest BCUT2D eigenvalue weighted by atomic mass is 9.82. The summed E-state index contributed by atoms with van der Waals surface area (Å²) in [7, 11) is 0. The van der Waals surface area contributed by atoms with E-state index in [1.54, 1.807) is 4.90 Å². The van der Waals surface area contributed by atoms with Crippen molar-refractivity contribution in [2.24, 2.45) is 5.41 Å². The molecule has 17 heavy (non-hydrogen) atoms. The quantitative estimate of drug-likeness (QED) is 0.743. The molecule has 1 amide bonds. The molecular weight excluding hydrogens is 216 g/mol. The van der Waals surface area contributed by atoms with Crippen molar-refractivity contribution in [3.63, 3.8) is 0 Å². The Morgan fingerprint density at radius 1 is 1.53 bits per heavy atom. The third kappa shape index (κ3) is 3.62. The summed E-state index contributed by atoms with van der Waals surface area (Å²) in [5.74, 6) is 0. The van der Waals surface area contributed by atoms with E-state index in [0.717, 1.165) is 12.8 Å². The van der Waals surface area contributed by atoms with Crippen molar-refractivity contribution >= 4 is 6.09 Å². The molecule has 0 bridgehead atoms. The van der Waals surface area contributed by atoms with Crippen molar-refractivity contribution < 1.29 is 9.53 Å². The van der Waals surface area contributed by atoms with Crippen LogP contribution in [0, 0.1) is 16.7 Å². The molecular formula is C13H22N2O2. The van der Waals surface area contributed by atoms with E-state index in [1.165, 1.54) is 0 Å². The first-order valence-electron chi connectivity index (χ1n) is 6.17. The summed E-state index contributed by atoms with van der Waals surface area (Å²) in [4.78, 5) is 13.6.